The van der Waals surface area contributed by atoms with Crippen LogP contribution in [0.3, 0.4) is 0 Å². The number of furan rings is 1. The standard InChI is InChI=1S/C23H24N4O4S2/c1-13-5-6-16-17(10-13)33-21-20(16)22(29)27(12-15-4-3-8-30-15)23(25-21)32-9-7-19(28)24-18-11-14(2)31-26-18/h3-4,8,11,13H,5-7,9-10,12H2,1-2H3,(H,24,26,28). The molecule has 1 N–H and O–H groups in total. The number of hydrogen-bond donors (Lipinski definition) is 1. The molecule has 0 radical (unpaired) electrons. The number of nitrogens with one attached hydrogen (secondary N) is 1. The highest BCUT2D eigenvalue weighted by atomic mass is 32.2. The zero-order chi connectivity index (χ0) is 22.9. The van der Waals surface area contributed by atoms with E-state index in [0.29, 0.717) is 40.7 Å². The molecular weight excluding hydrogens is 460 g/mol. The molecule has 4 aromatic heterocycles. The summed E-state index contributed by atoms with van der Waals surface area (Å²) in [6, 6.07) is 5.33. The second kappa shape index (κ2) is 9.18. The summed E-state index contributed by atoms with van der Waals surface area (Å²) in [7, 11) is 0. The lowest BCUT2D eigenvalue weighted by Crippen LogP contribution is -2.24. The quantitative estimate of drug-likeness (QED) is 0.301. The van der Waals surface area contributed by atoms with Crippen LogP contribution in [0, 0.1) is 12.8 Å². The monoisotopic (exact) mass is 484 g/mol. The first kappa shape index (κ1) is 22.0. The fraction of sp³-hybridized carbons (Fsp3) is 0.391. The average Bonchev–Trinajstić information content (AvgIpc) is 3.50. The van der Waals surface area contributed by atoms with Gasteiger partial charge in [0.1, 0.15) is 16.4 Å². The molecule has 1 aliphatic carbocycles. The Hall–Kier alpha value is -2.85. The molecule has 0 saturated heterocycles. The highest BCUT2D eigenvalue weighted by Crippen LogP contribution is 2.36. The second-order valence-corrected chi connectivity index (χ2v) is 10.5. The molecule has 1 amide bonds. The van der Waals surface area contributed by atoms with Gasteiger partial charge in [0, 0.05) is 23.1 Å². The summed E-state index contributed by atoms with van der Waals surface area (Å²) in [4.78, 5) is 32.8. The minimum atomic E-state index is -0.169. The number of rotatable bonds is 7. The summed E-state index contributed by atoms with van der Waals surface area (Å²) in [5.74, 6) is 2.65. The van der Waals surface area contributed by atoms with Crippen molar-refractivity contribution in [3.8, 4) is 0 Å². The van der Waals surface area contributed by atoms with E-state index in [1.54, 1.807) is 35.2 Å². The third-order valence-electron chi connectivity index (χ3n) is 5.73. The Morgan fingerprint density at radius 3 is 3.06 bits per heavy atom. The van der Waals surface area contributed by atoms with Gasteiger partial charge in [0.05, 0.1) is 18.2 Å². The van der Waals surface area contributed by atoms with Crippen molar-refractivity contribution in [2.45, 2.75) is 51.2 Å². The number of anilines is 1. The molecule has 8 nitrogen and oxygen atoms in total. The zero-order valence-electron chi connectivity index (χ0n) is 18.4. The molecule has 0 spiro atoms. The Balaban J connectivity index is 1.41. The number of thioether (sulfide) groups is 1. The number of aryl methyl sites for hydroxylation is 2. The molecule has 0 aliphatic heterocycles. The molecule has 0 bridgehead atoms. The van der Waals surface area contributed by atoms with Crippen LogP contribution in [0.4, 0.5) is 5.82 Å². The van der Waals surface area contributed by atoms with Gasteiger partial charge >= 0.3 is 0 Å². The average molecular weight is 485 g/mol. The number of thiophene rings is 1. The van der Waals surface area contributed by atoms with E-state index in [4.69, 9.17) is 13.9 Å². The normalized spacial score (nSPS) is 15.6. The third-order valence-corrected chi connectivity index (χ3v) is 7.86. The fourth-order valence-corrected chi connectivity index (χ4v) is 6.44. The van der Waals surface area contributed by atoms with E-state index < -0.39 is 0 Å². The van der Waals surface area contributed by atoms with Gasteiger partial charge in [-0.3, -0.25) is 14.2 Å². The predicted octanol–water partition coefficient (Wildman–Crippen LogP) is 4.64. The van der Waals surface area contributed by atoms with Crippen molar-refractivity contribution in [1.29, 1.82) is 0 Å². The van der Waals surface area contributed by atoms with E-state index >= 15 is 0 Å². The van der Waals surface area contributed by atoms with Crippen LogP contribution in [0.5, 0.6) is 0 Å². The molecule has 0 aromatic carbocycles. The van der Waals surface area contributed by atoms with Gasteiger partial charge in [-0.2, -0.15) is 0 Å². The summed E-state index contributed by atoms with van der Waals surface area (Å²) < 4.78 is 12.2. The number of aromatic nitrogens is 3. The highest BCUT2D eigenvalue weighted by Gasteiger charge is 2.25. The van der Waals surface area contributed by atoms with Crippen LogP contribution in [-0.4, -0.2) is 26.4 Å². The molecule has 10 heteroatoms. The van der Waals surface area contributed by atoms with Crippen LogP contribution in [0.2, 0.25) is 0 Å². The minimum absolute atomic E-state index is 0.0338. The Morgan fingerprint density at radius 2 is 2.30 bits per heavy atom. The van der Waals surface area contributed by atoms with Crippen molar-refractivity contribution in [2.75, 3.05) is 11.1 Å². The van der Waals surface area contributed by atoms with Gasteiger partial charge in [-0.15, -0.1) is 11.3 Å². The van der Waals surface area contributed by atoms with E-state index in [-0.39, 0.29) is 17.9 Å². The Morgan fingerprint density at radius 1 is 1.42 bits per heavy atom. The van der Waals surface area contributed by atoms with Crippen molar-refractivity contribution >= 4 is 45.0 Å². The molecule has 4 aromatic rings. The molecular formula is C23H24N4O4S2. The maximum absolute atomic E-state index is 13.6. The summed E-state index contributed by atoms with van der Waals surface area (Å²) in [6.07, 6.45) is 4.86. The molecule has 4 heterocycles. The number of carbonyl (C=O) groups excluding carboxylic acids is 1. The molecule has 33 heavy (non-hydrogen) atoms. The molecule has 0 saturated carbocycles. The first-order valence-electron chi connectivity index (χ1n) is 10.9. The number of nitrogens with zero attached hydrogens (tertiary/aromatic N) is 3. The smallest absolute Gasteiger partial charge is 0.263 e. The van der Waals surface area contributed by atoms with Crippen LogP contribution < -0.4 is 10.9 Å². The number of carbonyl (C=O) groups is 1. The van der Waals surface area contributed by atoms with Gasteiger partial charge < -0.3 is 14.3 Å². The van der Waals surface area contributed by atoms with E-state index in [0.717, 1.165) is 35.0 Å². The summed E-state index contributed by atoms with van der Waals surface area (Å²) in [5.41, 5.74) is 1.13. The number of hydrogen-bond acceptors (Lipinski definition) is 8. The van der Waals surface area contributed by atoms with Crippen molar-refractivity contribution in [3.05, 3.63) is 56.8 Å². The predicted molar refractivity (Wildman–Crippen MR) is 128 cm³/mol. The fourth-order valence-electron chi connectivity index (χ4n) is 4.08. The van der Waals surface area contributed by atoms with Crippen molar-refractivity contribution < 1.29 is 13.7 Å². The van der Waals surface area contributed by atoms with Crippen molar-refractivity contribution in [1.82, 2.24) is 14.7 Å². The van der Waals surface area contributed by atoms with Crippen LogP contribution in [0.25, 0.3) is 10.2 Å². The van der Waals surface area contributed by atoms with E-state index in [9.17, 15) is 9.59 Å². The minimum Gasteiger partial charge on any atom is -0.467 e. The molecule has 1 unspecified atom stereocenters. The van der Waals surface area contributed by atoms with Gasteiger partial charge in [-0.05, 0) is 49.8 Å². The van der Waals surface area contributed by atoms with Gasteiger partial charge in [0.15, 0.2) is 11.0 Å². The lowest BCUT2D eigenvalue weighted by Gasteiger charge is -2.17. The summed E-state index contributed by atoms with van der Waals surface area (Å²) >= 11 is 3.03. The van der Waals surface area contributed by atoms with Crippen LogP contribution in [-0.2, 0) is 24.2 Å². The lowest BCUT2D eigenvalue weighted by atomic mass is 9.89. The molecule has 0 fully saturated rings. The molecule has 172 valence electrons. The summed E-state index contributed by atoms with van der Waals surface area (Å²) in [5, 5.41) is 7.84. The van der Waals surface area contributed by atoms with Crippen molar-refractivity contribution in [3.63, 3.8) is 0 Å². The first-order chi connectivity index (χ1) is 16.0. The lowest BCUT2D eigenvalue weighted by molar-refractivity contribution is -0.115. The first-order valence-corrected chi connectivity index (χ1v) is 12.7. The van der Waals surface area contributed by atoms with Gasteiger partial charge in [0.2, 0.25) is 5.91 Å². The largest absolute Gasteiger partial charge is 0.467 e. The van der Waals surface area contributed by atoms with E-state index in [1.807, 2.05) is 12.1 Å². The van der Waals surface area contributed by atoms with Crippen LogP contribution in [0.1, 0.15) is 41.7 Å². The Labute approximate surface area is 198 Å². The summed E-state index contributed by atoms with van der Waals surface area (Å²) in [6.45, 7) is 4.33. The molecule has 1 aliphatic rings. The zero-order valence-corrected chi connectivity index (χ0v) is 20.1. The van der Waals surface area contributed by atoms with E-state index in [1.165, 1.54) is 16.6 Å². The number of amides is 1. The van der Waals surface area contributed by atoms with Crippen LogP contribution in [0.15, 0.2) is 43.4 Å². The maximum atomic E-state index is 13.6. The second-order valence-electron chi connectivity index (χ2n) is 8.37. The van der Waals surface area contributed by atoms with Gasteiger partial charge in [-0.1, -0.05) is 23.8 Å². The highest BCUT2D eigenvalue weighted by molar-refractivity contribution is 7.99. The molecule has 1 atom stereocenters. The van der Waals surface area contributed by atoms with Gasteiger partial charge in [0.25, 0.3) is 5.56 Å². The topological polar surface area (TPSA) is 103 Å². The molecule has 5 rings (SSSR count). The van der Waals surface area contributed by atoms with Gasteiger partial charge in [-0.25, -0.2) is 4.98 Å². The third kappa shape index (κ3) is 4.63. The van der Waals surface area contributed by atoms with Crippen molar-refractivity contribution in [2.24, 2.45) is 5.92 Å². The maximum Gasteiger partial charge on any atom is 0.263 e. The number of fused-ring (bicyclic) bond motifs is 3. The van der Waals surface area contributed by atoms with Crippen LogP contribution >= 0.6 is 23.1 Å². The SMILES string of the molecule is Cc1cc(NC(=O)CCSc2nc3sc4c(c3c(=O)n2Cc2ccco2)CCC(C)C4)no1. The Bertz CT molecular complexity index is 1350. The van der Waals surface area contributed by atoms with E-state index in [2.05, 4.69) is 17.4 Å². The Kier molecular flexibility index (Phi) is 6.11.